The molecule has 2 rings (SSSR count). The molecule has 1 aromatic carbocycles. The predicted octanol–water partition coefficient (Wildman–Crippen LogP) is 2.34. The molecule has 3 atom stereocenters. The molecule has 0 bridgehead atoms. The molecule has 0 saturated carbocycles. The maximum absolute atomic E-state index is 12.2. The predicted molar refractivity (Wildman–Crippen MR) is 79.3 cm³/mol. The van der Waals surface area contributed by atoms with Crippen molar-refractivity contribution in [3.8, 4) is 0 Å². The second-order valence-electron chi connectivity index (χ2n) is 5.43. The molecule has 0 unspecified atom stereocenters. The van der Waals surface area contributed by atoms with Crippen LogP contribution in [0.4, 0.5) is 0 Å². The van der Waals surface area contributed by atoms with Crippen molar-refractivity contribution in [2.75, 3.05) is 13.7 Å². The van der Waals surface area contributed by atoms with Crippen LogP contribution in [0.2, 0.25) is 0 Å². The first-order valence-electron chi connectivity index (χ1n) is 7.30. The van der Waals surface area contributed by atoms with Gasteiger partial charge in [0.15, 0.2) is 0 Å². The van der Waals surface area contributed by atoms with Crippen molar-refractivity contribution in [1.82, 2.24) is 5.06 Å². The summed E-state index contributed by atoms with van der Waals surface area (Å²) in [5.74, 6) is -0.788. The van der Waals surface area contributed by atoms with Gasteiger partial charge in [-0.15, -0.1) is 0 Å². The Balaban J connectivity index is 1.91. The van der Waals surface area contributed by atoms with E-state index in [2.05, 4.69) is 0 Å². The number of ether oxygens (including phenoxy) is 2. The Morgan fingerprint density at radius 3 is 2.71 bits per heavy atom. The van der Waals surface area contributed by atoms with Crippen molar-refractivity contribution < 1.29 is 14.3 Å². The lowest BCUT2D eigenvalue weighted by atomic mass is 9.96. The van der Waals surface area contributed by atoms with E-state index in [-0.39, 0.29) is 18.6 Å². The van der Waals surface area contributed by atoms with Crippen molar-refractivity contribution in [3.05, 3.63) is 41.1 Å². The van der Waals surface area contributed by atoms with Crippen molar-refractivity contribution in [1.29, 1.82) is 0 Å². The molecule has 1 fully saturated rings. The number of nitrogens with zero attached hydrogens (tertiary/aromatic N) is 1. The van der Waals surface area contributed by atoms with Gasteiger partial charge in [0, 0.05) is 13.2 Å². The molecule has 116 valence electrons. The maximum Gasteiger partial charge on any atom is 0.311 e. The zero-order valence-corrected chi connectivity index (χ0v) is 12.5. The van der Waals surface area contributed by atoms with Crippen LogP contribution >= 0.6 is 0 Å². The highest BCUT2D eigenvalue weighted by Crippen LogP contribution is 2.25. The Morgan fingerprint density at radius 2 is 2.14 bits per heavy atom. The molecular formula is C16H22NO4-. The SMILES string of the molecule is CO[C@H]([C@@H](C)C(=O)OCc1ccccc1)[C@@H]1CCCN1[O-]. The quantitative estimate of drug-likeness (QED) is 0.753. The zero-order chi connectivity index (χ0) is 15.2. The molecule has 0 N–H and O–H groups in total. The van der Waals surface area contributed by atoms with Gasteiger partial charge in [-0.1, -0.05) is 30.3 Å². The Kier molecular flexibility index (Phi) is 5.73. The summed E-state index contributed by atoms with van der Waals surface area (Å²) in [6.45, 7) is 2.51. The molecule has 1 saturated heterocycles. The molecule has 1 heterocycles. The number of rotatable bonds is 6. The Hall–Kier alpha value is -1.43. The smallest absolute Gasteiger partial charge is 0.311 e. The highest BCUT2D eigenvalue weighted by Gasteiger charge is 2.35. The van der Waals surface area contributed by atoms with E-state index in [1.807, 2.05) is 30.3 Å². The fourth-order valence-corrected chi connectivity index (χ4v) is 2.78. The molecule has 21 heavy (non-hydrogen) atoms. The minimum Gasteiger partial charge on any atom is -0.785 e. The van der Waals surface area contributed by atoms with Crippen LogP contribution in [0.3, 0.4) is 0 Å². The minimum absolute atomic E-state index is 0.242. The van der Waals surface area contributed by atoms with E-state index in [9.17, 15) is 10.0 Å². The van der Waals surface area contributed by atoms with Gasteiger partial charge in [0.05, 0.1) is 12.0 Å². The van der Waals surface area contributed by atoms with Gasteiger partial charge in [-0.25, -0.2) is 0 Å². The van der Waals surface area contributed by atoms with Gasteiger partial charge in [0.25, 0.3) is 0 Å². The third-order valence-electron chi connectivity index (χ3n) is 3.99. The van der Waals surface area contributed by atoms with Crippen molar-refractivity contribution in [3.63, 3.8) is 0 Å². The van der Waals surface area contributed by atoms with Crippen LogP contribution in [0.25, 0.3) is 0 Å². The van der Waals surface area contributed by atoms with Crippen LogP contribution in [0.1, 0.15) is 25.3 Å². The van der Waals surface area contributed by atoms with Crippen LogP contribution in [0.5, 0.6) is 0 Å². The first-order chi connectivity index (χ1) is 10.1. The first-order valence-corrected chi connectivity index (χ1v) is 7.30. The standard InChI is InChI=1S/C16H22NO4/c1-12(15(20-2)14-9-6-10-17(14)19)16(18)21-11-13-7-4-3-5-8-13/h3-5,7-8,12,14-15H,6,9-11H2,1-2H3/q-1/t12-,14+,15-/m1/s1. The van der Waals surface area contributed by atoms with E-state index in [1.54, 1.807) is 6.92 Å². The molecule has 0 amide bonds. The molecule has 1 aliphatic rings. The monoisotopic (exact) mass is 292 g/mol. The van der Waals surface area contributed by atoms with Crippen LogP contribution < -0.4 is 0 Å². The third-order valence-corrected chi connectivity index (χ3v) is 3.99. The number of hydrogen-bond acceptors (Lipinski definition) is 5. The van der Waals surface area contributed by atoms with Gasteiger partial charge >= 0.3 is 5.97 Å². The average Bonchev–Trinajstić information content (AvgIpc) is 2.93. The second kappa shape index (κ2) is 7.54. The van der Waals surface area contributed by atoms with Crippen molar-refractivity contribution in [2.45, 2.75) is 38.5 Å². The fraction of sp³-hybridized carbons (Fsp3) is 0.562. The van der Waals surface area contributed by atoms with E-state index in [0.29, 0.717) is 6.54 Å². The molecule has 1 aromatic rings. The molecule has 0 aromatic heterocycles. The fourth-order valence-electron chi connectivity index (χ4n) is 2.78. The normalized spacial score (nSPS) is 22.0. The van der Waals surface area contributed by atoms with Gasteiger partial charge in [0.1, 0.15) is 6.61 Å². The second-order valence-corrected chi connectivity index (χ2v) is 5.43. The lowest BCUT2D eigenvalue weighted by Gasteiger charge is -2.37. The van der Waals surface area contributed by atoms with E-state index in [0.717, 1.165) is 23.5 Å². The maximum atomic E-state index is 12.2. The number of methoxy groups -OCH3 is 1. The molecule has 0 aliphatic carbocycles. The highest BCUT2D eigenvalue weighted by molar-refractivity contribution is 5.72. The summed E-state index contributed by atoms with van der Waals surface area (Å²) in [7, 11) is 1.54. The summed E-state index contributed by atoms with van der Waals surface area (Å²) >= 11 is 0. The summed E-state index contributed by atoms with van der Waals surface area (Å²) in [4.78, 5) is 12.2. The number of hydrogen-bond donors (Lipinski definition) is 0. The molecular weight excluding hydrogens is 270 g/mol. The van der Waals surface area contributed by atoms with E-state index in [1.165, 1.54) is 7.11 Å². The Labute approximate surface area is 125 Å². The first kappa shape index (κ1) is 15.9. The molecule has 5 heteroatoms. The van der Waals surface area contributed by atoms with E-state index < -0.39 is 12.0 Å². The minimum atomic E-state index is -0.460. The number of benzene rings is 1. The molecule has 1 aliphatic heterocycles. The van der Waals surface area contributed by atoms with Crippen LogP contribution in [0, 0.1) is 11.1 Å². The van der Waals surface area contributed by atoms with E-state index in [4.69, 9.17) is 9.47 Å². The van der Waals surface area contributed by atoms with E-state index >= 15 is 0 Å². The summed E-state index contributed by atoms with van der Waals surface area (Å²) in [6.07, 6.45) is 1.19. The van der Waals surface area contributed by atoms with Gasteiger partial charge in [0.2, 0.25) is 0 Å². The Bertz CT molecular complexity index is 451. The number of esters is 1. The highest BCUT2D eigenvalue weighted by atomic mass is 16.5. The molecule has 5 nitrogen and oxygen atoms in total. The number of hydroxylamine groups is 2. The Morgan fingerprint density at radius 1 is 1.43 bits per heavy atom. The summed E-state index contributed by atoms with van der Waals surface area (Å²) in [6, 6.07) is 9.27. The average molecular weight is 292 g/mol. The van der Waals surface area contributed by atoms with Crippen LogP contribution in [0.15, 0.2) is 30.3 Å². The van der Waals surface area contributed by atoms with Crippen molar-refractivity contribution >= 4 is 5.97 Å². The van der Waals surface area contributed by atoms with Crippen molar-refractivity contribution in [2.24, 2.45) is 5.92 Å². The topological polar surface area (TPSA) is 61.8 Å². The largest absolute Gasteiger partial charge is 0.785 e. The van der Waals surface area contributed by atoms with Gasteiger partial charge < -0.3 is 19.7 Å². The lowest BCUT2D eigenvalue weighted by Crippen LogP contribution is -2.43. The summed E-state index contributed by atoms with van der Waals surface area (Å²) in [5.41, 5.74) is 0.943. The summed E-state index contributed by atoms with van der Waals surface area (Å²) in [5, 5.41) is 12.8. The zero-order valence-electron chi connectivity index (χ0n) is 12.5. The molecule has 0 radical (unpaired) electrons. The van der Waals surface area contributed by atoms with Gasteiger partial charge in [-0.2, -0.15) is 0 Å². The number of carbonyl (C=O) groups excluding carboxylic acids is 1. The molecule has 0 spiro atoms. The van der Waals surface area contributed by atoms with Crippen LogP contribution in [-0.4, -0.2) is 36.8 Å². The van der Waals surface area contributed by atoms with Gasteiger partial charge in [-0.3, -0.25) is 4.79 Å². The van der Waals surface area contributed by atoms with Gasteiger partial charge in [-0.05, 0) is 31.9 Å². The third kappa shape index (κ3) is 4.03. The van der Waals surface area contributed by atoms with Crippen LogP contribution in [-0.2, 0) is 20.9 Å². The lowest BCUT2D eigenvalue weighted by molar-refractivity contribution is -0.155. The number of carbonyl (C=O) groups is 1. The summed E-state index contributed by atoms with van der Waals surface area (Å²) < 4.78 is 10.7.